The van der Waals surface area contributed by atoms with Gasteiger partial charge in [0.25, 0.3) is 0 Å². The summed E-state index contributed by atoms with van der Waals surface area (Å²) in [6.45, 7) is 5.84. The van der Waals surface area contributed by atoms with Crippen molar-refractivity contribution in [3.05, 3.63) is 83.5 Å². The normalized spacial score (nSPS) is 14.9. The van der Waals surface area contributed by atoms with Crippen molar-refractivity contribution in [3.8, 4) is 22.4 Å². The van der Waals surface area contributed by atoms with E-state index in [1.165, 1.54) is 0 Å². The number of aromatic nitrogens is 2. The number of benzene rings is 2. The first-order chi connectivity index (χ1) is 16.7. The lowest BCUT2D eigenvalue weighted by Crippen LogP contribution is -2.47. The molecule has 4 aromatic rings. The molecule has 0 unspecified atom stereocenters. The van der Waals surface area contributed by atoms with Crippen molar-refractivity contribution >= 4 is 28.7 Å². The smallest absolute Gasteiger partial charge is 0.408 e. The summed E-state index contributed by atoms with van der Waals surface area (Å²) in [6, 6.07) is 24.1. The minimum absolute atomic E-state index is 0.347. The Bertz CT molecular complexity index is 1380. The molecule has 2 aromatic heterocycles. The number of fused-ring (bicyclic) bond motifs is 1. The van der Waals surface area contributed by atoms with Crippen molar-refractivity contribution in [2.24, 2.45) is 0 Å². The van der Waals surface area contributed by atoms with Gasteiger partial charge < -0.3 is 10.1 Å². The predicted molar refractivity (Wildman–Crippen MR) is 140 cm³/mol. The number of nitrogens with zero attached hydrogens (tertiary/aromatic N) is 2. The molecule has 1 amide bonds. The number of nitrogens with one attached hydrogen (secondary N) is 1. The Balaban J connectivity index is 1.52. The van der Waals surface area contributed by atoms with Gasteiger partial charge in [-0.1, -0.05) is 66.2 Å². The molecule has 178 valence electrons. The molecule has 0 radical (unpaired) electrons. The van der Waals surface area contributed by atoms with Gasteiger partial charge in [-0.2, -0.15) is 0 Å². The van der Waals surface area contributed by atoms with Gasteiger partial charge in [0.2, 0.25) is 0 Å². The molecule has 5 nitrogen and oxygen atoms in total. The lowest BCUT2D eigenvalue weighted by molar-refractivity contribution is -0.0549. The van der Waals surface area contributed by atoms with Crippen LogP contribution in [-0.2, 0) is 10.3 Å². The Morgan fingerprint density at radius 3 is 2.26 bits per heavy atom. The second-order valence-electron chi connectivity index (χ2n) is 10.1. The van der Waals surface area contributed by atoms with Crippen LogP contribution in [0.1, 0.15) is 45.6 Å². The second kappa shape index (κ2) is 8.97. The van der Waals surface area contributed by atoms with Crippen LogP contribution in [0, 0.1) is 0 Å². The van der Waals surface area contributed by atoms with Crippen LogP contribution in [0.25, 0.3) is 33.4 Å². The summed E-state index contributed by atoms with van der Waals surface area (Å²) >= 11 is 6.15. The zero-order valence-corrected chi connectivity index (χ0v) is 20.9. The first-order valence-corrected chi connectivity index (χ1v) is 12.3. The number of hydrogen-bond donors (Lipinski definition) is 1. The minimum atomic E-state index is -0.576. The molecule has 2 heterocycles. The van der Waals surface area contributed by atoms with Gasteiger partial charge in [0.1, 0.15) is 10.8 Å². The van der Waals surface area contributed by atoms with Crippen LogP contribution in [0.15, 0.2) is 72.8 Å². The van der Waals surface area contributed by atoms with Crippen molar-refractivity contribution in [1.29, 1.82) is 0 Å². The van der Waals surface area contributed by atoms with E-state index in [9.17, 15) is 4.79 Å². The Kier molecular flexibility index (Phi) is 5.97. The molecule has 5 rings (SSSR count). The summed E-state index contributed by atoms with van der Waals surface area (Å²) in [6.07, 6.45) is 2.29. The summed E-state index contributed by atoms with van der Waals surface area (Å²) in [5.74, 6) is 0. The SMILES string of the molecule is CC(C)(C)NC(=O)OC1(c2ccc(-c3nc4ccc(Cl)nc4cc3-c3ccccc3)cc2)CCC1. The standard InChI is InChI=1S/C29H28ClN3O2/c1-28(2,3)33-27(34)35-29(16-7-17-29)21-12-10-20(11-13-21)26-22(19-8-5-4-6-9-19)18-24-23(32-26)14-15-25(30)31-24/h4-6,8-15,18H,7,16-17H2,1-3H3,(H,33,34). The third-order valence-corrected chi connectivity index (χ3v) is 6.54. The van der Waals surface area contributed by atoms with Crippen molar-refractivity contribution in [1.82, 2.24) is 15.3 Å². The van der Waals surface area contributed by atoms with E-state index in [4.69, 9.17) is 21.3 Å². The highest BCUT2D eigenvalue weighted by atomic mass is 35.5. The molecule has 6 heteroatoms. The van der Waals surface area contributed by atoms with Gasteiger partial charge >= 0.3 is 6.09 Å². The molecule has 1 fully saturated rings. The fourth-order valence-electron chi connectivity index (χ4n) is 4.48. The second-order valence-corrected chi connectivity index (χ2v) is 10.5. The summed E-state index contributed by atoms with van der Waals surface area (Å²) in [7, 11) is 0. The highest BCUT2D eigenvalue weighted by Gasteiger charge is 2.43. The molecule has 0 saturated heterocycles. The maximum absolute atomic E-state index is 12.5. The molecule has 35 heavy (non-hydrogen) atoms. The van der Waals surface area contributed by atoms with Crippen LogP contribution >= 0.6 is 11.6 Å². The largest absolute Gasteiger partial charge is 0.438 e. The number of amides is 1. The highest BCUT2D eigenvalue weighted by molar-refractivity contribution is 6.29. The molecular weight excluding hydrogens is 458 g/mol. The van der Waals surface area contributed by atoms with Crippen molar-refractivity contribution in [2.45, 2.75) is 51.2 Å². The van der Waals surface area contributed by atoms with E-state index in [0.717, 1.165) is 58.2 Å². The number of halogens is 1. The lowest BCUT2D eigenvalue weighted by Gasteiger charge is -2.42. The molecule has 0 aliphatic heterocycles. The van der Waals surface area contributed by atoms with E-state index in [0.29, 0.717) is 5.15 Å². The molecule has 0 atom stereocenters. The third kappa shape index (κ3) is 4.87. The molecule has 1 aliphatic rings. The van der Waals surface area contributed by atoms with Gasteiger partial charge in [0.05, 0.1) is 16.7 Å². The summed E-state index contributed by atoms with van der Waals surface area (Å²) in [5, 5.41) is 3.35. The van der Waals surface area contributed by atoms with Crippen LogP contribution in [0.2, 0.25) is 5.15 Å². The van der Waals surface area contributed by atoms with Crippen molar-refractivity contribution < 1.29 is 9.53 Å². The summed E-state index contributed by atoms with van der Waals surface area (Å²) in [4.78, 5) is 21.9. The number of carbonyl (C=O) groups is 1. The number of rotatable bonds is 4. The average molecular weight is 486 g/mol. The monoisotopic (exact) mass is 485 g/mol. The fraction of sp³-hybridized carbons (Fsp3) is 0.276. The molecule has 1 saturated carbocycles. The average Bonchev–Trinajstić information content (AvgIpc) is 2.80. The van der Waals surface area contributed by atoms with Crippen molar-refractivity contribution in [2.75, 3.05) is 0 Å². The van der Waals surface area contributed by atoms with Crippen LogP contribution < -0.4 is 5.32 Å². The van der Waals surface area contributed by atoms with Gasteiger partial charge in [0.15, 0.2) is 0 Å². The van der Waals surface area contributed by atoms with Gasteiger partial charge in [-0.3, -0.25) is 0 Å². The molecular formula is C29H28ClN3O2. The first kappa shape index (κ1) is 23.3. The Hall–Kier alpha value is -3.44. The minimum Gasteiger partial charge on any atom is -0.438 e. The number of hydrogen-bond acceptors (Lipinski definition) is 4. The van der Waals surface area contributed by atoms with E-state index < -0.39 is 5.60 Å². The van der Waals surface area contributed by atoms with E-state index in [-0.39, 0.29) is 11.6 Å². The molecule has 1 aliphatic carbocycles. The lowest BCUT2D eigenvalue weighted by atomic mass is 9.74. The molecule has 0 spiro atoms. The van der Waals surface area contributed by atoms with E-state index in [1.807, 2.05) is 51.1 Å². The molecule has 0 bridgehead atoms. The van der Waals surface area contributed by atoms with E-state index in [2.05, 4.69) is 46.7 Å². The zero-order valence-electron chi connectivity index (χ0n) is 20.1. The van der Waals surface area contributed by atoms with Gasteiger partial charge in [0, 0.05) is 16.7 Å². The molecule has 1 N–H and O–H groups in total. The van der Waals surface area contributed by atoms with Crippen LogP contribution in [0.4, 0.5) is 4.79 Å². The third-order valence-electron chi connectivity index (χ3n) is 6.33. The highest BCUT2D eigenvalue weighted by Crippen LogP contribution is 2.45. The Morgan fingerprint density at radius 2 is 1.63 bits per heavy atom. The summed E-state index contributed by atoms with van der Waals surface area (Å²) < 4.78 is 5.96. The number of pyridine rings is 2. The maximum atomic E-state index is 12.5. The van der Waals surface area contributed by atoms with Crippen molar-refractivity contribution in [3.63, 3.8) is 0 Å². The fourth-order valence-corrected chi connectivity index (χ4v) is 4.63. The Labute approximate surface area is 210 Å². The number of carbonyl (C=O) groups excluding carboxylic acids is 1. The number of ether oxygens (including phenoxy) is 1. The van der Waals surface area contributed by atoms with Gasteiger partial charge in [-0.25, -0.2) is 14.8 Å². The van der Waals surface area contributed by atoms with Crippen LogP contribution in [0.3, 0.4) is 0 Å². The topological polar surface area (TPSA) is 64.1 Å². The quantitative estimate of drug-likeness (QED) is 0.303. The molecule has 2 aromatic carbocycles. The van der Waals surface area contributed by atoms with Gasteiger partial charge in [-0.05, 0) is 69.4 Å². The zero-order chi connectivity index (χ0) is 24.6. The summed E-state index contributed by atoms with van der Waals surface area (Å²) in [5.41, 5.74) is 5.52. The predicted octanol–water partition coefficient (Wildman–Crippen LogP) is 7.52. The van der Waals surface area contributed by atoms with E-state index >= 15 is 0 Å². The van der Waals surface area contributed by atoms with E-state index in [1.54, 1.807) is 6.07 Å². The first-order valence-electron chi connectivity index (χ1n) is 11.9. The maximum Gasteiger partial charge on any atom is 0.408 e. The number of alkyl carbamates (subject to hydrolysis) is 1. The Morgan fingerprint density at radius 1 is 0.914 bits per heavy atom. The van der Waals surface area contributed by atoms with Gasteiger partial charge in [-0.15, -0.1) is 0 Å². The van der Waals surface area contributed by atoms with Crippen LogP contribution in [0.5, 0.6) is 0 Å². The van der Waals surface area contributed by atoms with Crippen LogP contribution in [-0.4, -0.2) is 21.6 Å².